The quantitative estimate of drug-likeness (QED) is 0.391. The van der Waals surface area contributed by atoms with E-state index in [2.05, 4.69) is 21.2 Å². The molecular weight excluding hydrogens is 558 g/mol. The molecule has 0 aromatic heterocycles. The lowest BCUT2D eigenvalue weighted by Crippen LogP contribution is -2.49. The lowest BCUT2D eigenvalue weighted by molar-refractivity contribution is -0.141. The first-order chi connectivity index (χ1) is 17.6. The Bertz CT molecular complexity index is 1170. The van der Waals surface area contributed by atoms with Crippen LogP contribution in [0.25, 0.3) is 0 Å². The predicted octanol–water partition coefficient (Wildman–Crippen LogP) is 4.48. The molecule has 8 nitrogen and oxygen atoms in total. The molecule has 0 aliphatic heterocycles. The van der Waals surface area contributed by atoms with Gasteiger partial charge in [-0.25, -0.2) is 8.42 Å². The van der Waals surface area contributed by atoms with Gasteiger partial charge >= 0.3 is 0 Å². The van der Waals surface area contributed by atoms with Gasteiger partial charge in [-0.2, -0.15) is 0 Å². The molecule has 37 heavy (non-hydrogen) atoms. The van der Waals surface area contributed by atoms with E-state index in [1.165, 1.54) is 11.4 Å². The van der Waals surface area contributed by atoms with Crippen molar-refractivity contribution in [2.75, 3.05) is 24.2 Å². The van der Waals surface area contributed by atoms with Crippen molar-refractivity contribution in [1.29, 1.82) is 0 Å². The molecule has 202 valence electrons. The number of methoxy groups -OCH3 is 1. The first kappa shape index (κ1) is 29.0. The van der Waals surface area contributed by atoms with E-state index in [0.29, 0.717) is 17.9 Å². The second kappa shape index (κ2) is 13.3. The fourth-order valence-electron chi connectivity index (χ4n) is 4.53. The molecule has 0 heterocycles. The molecule has 2 aromatic carbocycles. The highest BCUT2D eigenvalue weighted by Crippen LogP contribution is 2.24. The summed E-state index contributed by atoms with van der Waals surface area (Å²) in [4.78, 5) is 28.0. The number of rotatable bonds is 12. The molecule has 1 saturated carbocycles. The predicted molar refractivity (Wildman–Crippen MR) is 149 cm³/mol. The van der Waals surface area contributed by atoms with Crippen LogP contribution in [0.5, 0.6) is 5.75 Å². The molecule has 0 spiro atoms. The lowest BCUT2D eigenvalue weighted by Gasteiger charge is -2.30. The summed E-state index contributed by atoms with van der Waals surface area (Å²) < 4.78 is 32.4. The zero-order chi connectivity index (χ0) is 27.0. The van der Waals surface area contributed by atoms with Gasteiger partial charge < -0.3 is 15.0 Å². The van der Waals surface area contributed by atoms with Crippen LogP contribution in [0.2, 0.25) is 0 Å². The van der Waals surface area contributed by atoms with Gasteiger partial charge in [-0.1, -0.05) is 47.0 Å². The van der Waals surface area contributed by atoms with Gasteiger partial charge in [-0.3, -0.25) is 13.9 Å². The molecule has 1 N–H and O–H groups in total. The summed E-state index contributed by atoms with van der Waals surface area (Å²) in [5.41, 5.74) is 1.39. The Labute approximate surface area is 228 Å². The van der Waals surface area contributed by atoms with Gasteiger partial charge in [0, 0.05) is 36.1 Å². The number of benzene rings is 2. The van der Waals surface area contributed by atoms with Crippen molar-refractivity contribution in [3.05, 3.63) is 58.6 Å². The number of hydrogen-bond donors (Lipinski definition) is 1. The van der Waals surface area contributed by atoms with Crippen LogP contribution in [0.15, 0.2) is 53.0 Å². The van der Waals surface area contributed by atoms with Gasteiger partial charge in [0.15, 0.2) is 0 Å². The van der Waals surface area contributed by atoms with E-state index in [1.54, 1.807) is 36.1 Å². The summed E-state index contributed by atoms with van der Waals surface area (Å²) in [5.74, 6) is 0.188. The Morgan fingerprint density at radius 2 is 1.81 bits per heavy atom. The minimum atomic E-state index is -3.57. The number of amides is 2. The van der Waals surface area contributed by atoms with Gasteiger partial charge in [-0.15, -0.1) is 0 Å². The molecular formula is C27H36BrN3O5S. The van der Waals surface area contributed by atoms with Crippen LogP contribution in [0, 0.1) is 0 Å². The Hall–Kier alpha value is -2.59. The molecule has 0 saturated heterocycles. The summed E-state index contributed by atoms with van der Waals surface area (Å²) >= 11 is 3.43. The van der Waals surface area contributed by atoms with E-state index >= 15 is 0 Å². The summed E-state index contributed by atoms with van der Waals surface area (Å²) in [6, 6.07) is 14.0. The van der Waals surface area contributed by atoms with Crippen LogP contribution in [-0.4, -0.2) is 57.1 Å². The van der Waals surface area contributed by atoms with Gasteiger partial charge in [0.1, 0.15) is 11.8 Å². The number of hydrogen-bond acceptors (Lipinski definition) is 5. The third-order valence-electron chi connectivity index (χ3n) is 6.63. The molecule has 0 radical (unpaired) electrons. The Kier molecular flexibility index (Phi) is 10.4. The van der Waals surface area contributed by atoms with Crippen molar-refractivity contribution < 1.29 is 22.7 Å². The first-order valence-electron chi connectivity index (χ1n) is 12.5. The Morgan fingerprint density at radius 3 is 2.43 bits per heavy atom. The molecule has 3 rings (SSSR count). The number of ether oxygens (including phenoxy) is 1. The van der Waals surface area contributed by atoms with Crippen molar-refractivity contribution >= 4 is 43.5 Å². The van der Waals surface area contributed by atoms with E-state index in [0.717, 1.165) is 42.0 Å². The van der Waals surface area contributed by atoms with E-state index in [-0.39, 0.29) is 37.4 Å². The van der Waals surface area contributed by atoms with E-state index in [9.17, 15) is 18.0 Å². The zero-order valence-corrected chi connectivity index (χ0v) is 24.1. The maximum atomic E-state index is 13.4. The summed E-state index contributed by atoms with van der Waals surface area (Å²) in [6.45, 7) is 2.17. The summed E-state index contributed by atoms with van der Waals surface area (Å²) in [6.07, 6.45) is 5.68. The first-order valence-corrected chi connectivity index (χ1v) is 15.2. The van der Waals surface area contributed by atoms with Crippen molar-refractivity contribution in [2.24, 2.45) is 0 Å². The maximum absolute atomic E-state index is 13.4. The number of halogens is 1. The third kappa shape index (κ3) is 8.46. The number of nitrogens with one attached hydrogen (secondary N) is 1. The van der Waals surface area contributed by atoms with Gasteiger partial charge in [0.2, 0.25) is 21.8 Å². The van der Waals surface area contributed by atoms with Gasteiger partial charge in [0.05, 0.1) is 19.1 Å². The van der Waals surface area contributed by atoms with Crippen molar-refractivity contribution in [1.82, 2.24) is 10.2 Å². The molecule has 0 bridgehead atoms. The van der Waals surface area contributed by atoms with Gasteiger partial charge in [0.25, 0.3) is 0 Å². The normalized spacial score (nSPS) is 14.7. The molecule has 1 fully saturated rings. The lowest BCUT2D eigenvalue weighted by atomic mass is 10.1. The fraction of sp³-hybridized carbons (Fsp3) is 0.481. The van der Waals surface area contributed by atoms with Crippen molar-refractivity contribution in [3.63, 3.8) is 0 Å². The highest BCUT2D eigenvalue weighted by atomic mass is 79.9. The smallest absolute Gasteiger partial charge is 0.242 e. The Morgan fingerprint density at radius 1 is 1.14 bits per heavy atom. The minimum absolute atomic E-state index is 0.105. The molecule has 0 unspecified atom stereocenters. The summed E-state index contributed by atoms with van der Waals surface area (Å²) in [5, 5.41) is 3.10. The van der Waals surface area contributed by atoms with Crippen molar-refractivity contribution in [2.45, 2.75) is 64.1 Å². The van der Waals surface area contributed by atoms with E-state index in [1.807, 2.05) is 24.3 Å². The van der Waals surface area contributed by atoms with Crippen LogP contribution in [0.1, 0.15) is 51.0 Å². The van der Waals surface area contributed by atoms with Crippen LogP contribution < -0.4 is 14.4 Å². The second-order valence-electron chi connectivity index (χ2n) is 9.45. The molecule has 10 heteroatoms. The largest absolute Gasteiger partial charge is 0.497 e. The topological polar surface area (TPSA) is 96.0 Å². The molecule has 1 atom stereocenters. The van der Waals surface area contributed by atoms with Crippen LogP contribution in [0.4, 0.5) is 5.69 Å². The Balaban J connectivity index is 1.71. The highest BCUT2D eigenvalue weighted by Gasteiger charge is 2.28. The summed E-state index contributed by atoms with van der Waals surface area (Å²) in [7, 11) is -2.05. The number of anilines is 1. The average molecular weight is 595 g/mol. The number of carbonyl (C=O) groups is 2. The maximum Gasteiger partial charge on any atom is 0.242 e. The molecule has 2 amide bonds. The van der Waals surface area contributed by atoms with Gasteiger partial charge in [-0.05, 0) is 56.0 Å². The monoisotopic (exact) mass is 593 g/mol. The van der Waals surface area contributed by atoms with E-state index in [4.69, 9.17) is 4.74 Å². The number of sulfonamides is 1. The highest BCUT2D eigenvalue weighted by molar-refractivity contribution is 9.10. The standard InChI is InChI=1S/C27H36BrN3O5S/c1-20(27(33)29-23-8-4-5-9-23)30(19-21-13-15-22(28)16-14-21)26(32)12-7-17-31(37(3,34)35)24-10-6-11-25(18-24)36-2/h6,10-11,13-16,18,20,23H,4-5,7-9,12,17,19H2,1-3H3,(H,29,33)/t20-/m0/s1. The van der Waals surface area contributed by atoms with Crippen LogP contribution in [0.3, 0.4) is 0 Å². The second-order valence-corrected chi connectivity index (χ2v) is 12.3. The van der Waals surface area contributed by atoms with Crippen molar-refractivity contribution in [3.8, 4) is 5.75 Å². The number of nitrogens with zero attached hydrogens (tertiary/aromatic N) is 2. The molecule has 2 aromatic rings. The fourth-order valence-corrected chi connectivity index (χ4v) is 5.75. The van der Waals surface area contributed by atoms with E-state index < -0.39 is 16.1 Å². The van der Waals surface area contributed by atoms with Crippen LogP contribution in [-0.2, 0) is 26.2 Å². The zero-order valence-electron chi connectivity index (χ0n) is 21.7. The molecule has 1 aliphatic carbocycles. The SMILES string of the molecule is COc1cccc(N(CCCC(=O)N(Cc2ccc(Br)cc2)[C@@H](C)C(=O)NC2CCCC2)S(C)(=O)=O)c1. The minimum Gasteiger partial charge on any atom is -0.497 e. The average Bonchev–Trinajstić information content (AvgIpc) is 3.38. The molecule has 1 aliphatic rings. The third-order valence-corrected chi connectivity index (χ3v) is 8.35. The number of carbonyl (C=O) groups excluding carboxylic acids is 2. The van der Waals surface area contributed by atoms with Crippen LogP contribution >= 0.6 is 15.9 Å².